The molecule has 5 nitrogen and oxygen atoms in total. The molecule has 0 saturated carbocycles. The van der Waals surface area contributed by atoms with Crippen LogP contribution in [-0.4, -0.2) is 36.0 Å². The lowest BCUT2D eigenvalue weighted by molar-refractivity contribution is -0.122. The summed E-state index contributed by atoms with van der Waals surface area (Å²) in [6.07, 6.45) is 7.68. The molecule has 144 valence electrons. The van der Waals surface area contributed by atoms with Gasteiger partial charge in [0.25, 0.3) is 0 Å². The second kappa shape index (κ2) is 10.8. The van der Waals surface area contributed by atoms with Crippen LogP contribution in [0.25, 0.3) is 0 Å². The number of piperidine rings is 1. The van der Waals surface area contributed by atoms with Crippen LogP contribution in [0.4, 0.5) is 10.5 Å². The van der Waals surface area contributed by atoms with Crippen molar-refractivity contribution in [1.82, 2.24) is 10.2 Å². The van der Waals surface area contributed by atoms with Gasteiger partial charge in [-0.1, -0.05) is 38.8 Å². The topological polar surface area (TPSA) is 61.4 Å². The van der Waals surface area contributed by atoms with Crippen LogP contribution >= 0.6 is 0 Å². The van der Waals surface area contributed by atoms with E-state index in [9.17, 15) is 9.59 Å². The zero-order valence-electron chi connectivity index (χ0n) is 16.2. The number of nitrogens with zero attached hydrogens (tertiary/aromatic N) is 1. The van der Waals surface area contributed by atoms with Crippen molar-refractivity contribution in [2.24, 2.45) is 0 Å². The van der Waals surface area contributed by atoms with Gasteiger partial charge >= 0.3 is 6.03 Å². The first-order chi connectivity index (χ1) is 12.6. The molecule has 0 aliphatic carbocycles. The second-order valence-electron chi connectivity index (χ2n) is 7.16. The minimum absolute atomic E-state index is 0.0536. The lowest BCUT2D eigenvalue weighted by Crippen LogP contribution is -2.47. The fourth-order valence-corrected chi connectivity index (χ4v) is 3.20. The highest BCUT2D eigenvalue weighted by molar-refractivity contribution is 5.89. The molecule has 0 unspecified atom stereocenters. The number of hydrogen-bond donors (Lipinski definition) is 2. The summed E-state index contributed by atoms with van der Waals surface area (Å²) in [6, 6.07) is 8.27. The van der Waals surface area contributed by atoms with Gasteiger partial charge in [0, 0.05) is 31.2 Å². The Morgan fingerprint density at radius 1 is 1.04 bits per heavy atom. The number of hydrogen-bond acceptors (Lipinski definition) is 2. The number of carbonyl (C=O) groups excluding carboxylic acids is 2. The highest BCUT2D eigenvalue weighted by atomic mass is 16.2. The molecular weight excluding hydrogens is 326 g/mol. The molecule has 0 bridgehead atoms. The lowest BCUT2D eigenvalue weighted by atomic mass is 10.0. The predicted octanol–water partition coefficient (Wildman–Crippen LogP) is 4.33. The predicted molar refractivity (Wildman–Crippen MR) is 106 cm³/mol. The maximum absolute atomic E-state index is 12.4. The van der Waals surface area contributed by atoms with Crippen LogP contribution < -0.4 is 10.6 Å². The van der Waals surface area contributed by atoms with E-state index in [1.54, 1.807) is 0 Å². The summed E-state index contributed by atoms with van der Waals surface area (Å²) in [6.45, 7) is 5.63. The molecule has 1 heterocycles. The molecule has 5 heteroatoms. The number of aryl methyl sites for hydroxylation is 1. The number of benzene rings is 1. The van der Waals surface area contributed by atoms with Crippen LogP contribution in [0.3, 0.4) is 0 Å². The summed E-state index contributed by atoms with van der Waals surface area (Å²) in [5.41, 5.74) is 2.15. The summed E-state index contributed by atoms with van der Waals surface area (Å²) < 4.78 is 0. The van der Waals surface area contributed by atoms with E-state index in [1.165, 1.54) is 18.4 Å². The molecule has 1 aliphatic rings. The average molecular weight is 360 g/mol. The van der Waals surface area contributed by atoms with Gasteiger partial charge in [-0.25, -0.2) is 4.79 Å². The van der Waals surface area contributed by atoms with Gasteiger partial charge in [0.15, 0.2) is 0 Å². The summed E-state index contributed by atoms with van der Waals surface area (Å²) in [5, 5.41) is 6.07. The highest BCUT2D eigenvalue weighted by Crippen LogP contribution is 2.15. The van der Waals surface area contributed by atoms with Crippen molar-refractivity contribution in [1.29, 1.82) is 0 Å². The van der Waals surface area contributed by atoms with Crippen LogP contribution in [0.1, 0.15) is 64.4 Å². The third kappa shape index (κ3) is 6.70. The Morgan fingerprint density at radius 2 is 1.69 bits per heavy atom. The van der Waals surface area contributed by atoms with Crippen molar-refractivity contribution in [3.8, 4) is 0 Å². The van der Waals surface area contributed by atoms with Gasteiger partial charge in [-0.2, -0.15) is 0 Å². The maximum atomic E-state index is 12.4. The fraction of sp³-hybridized carbons (Fsp3) is 0.619. The van der Waals surface area contributed by atoms with Crippen LogP contribution in [0.15, 0.2) is 24.3 Å². The number of rotatable bonds is 8. The van der Waals surface area contributed by atoms with Gasteiger partial charge in [0.1, 0.15) is 0 Å². The fourth-order valence-electron chi connectivity index (χ4n) is 3.20. The smallest absolute Gasteiger partial charge is 0.321 e. The molecular formula is C21H33N3O2. The van der Waals surface area contributed by atoms with Crippen LogP contribution in [0.2, 0.25) is 0 Å². The largest absolute Gasteiger partial charge is 0.353 e. The Kier molecular flexibility index (Phi) is 8.45. The Labute approximate surface area is 157 Å². The second-order valence-corrected chi connectivity index (χ2v) is 7.16. The molecule has 26 heavy (non-hydrogen) atoms. The van der Waals surface area contributed by atoms with Crippen LogP contribution in [-0.2, 0) is 11.2 Å². The van der Waals surface area contributed by atoms with Gasteiger partial charge in [-0.3, -0.25) is 4.79 Å². The standard InChI is InChI=1S/C21H33N3O2/c1-3-5-7-17-9-11-18(12-10-17)23-21(26)24-15-13-19(14-16-24)22-20(25)8-6-4-2/h9-12,19H,3-8,13-16H2,1-2H3,(H,22,25)(H,23,26). The number of nitrogens with one attached hydrogen (secondary N) is 2. The number of urea groups is 1. The Bertz CT molecular complexity index is 563. The Balaban J connectivity index is 1.73. The molecule has 2 N–H and O–H groups in total. The molecule has 0 spiro atoms. The van der Waals surface area contributed by atoms with Gasteiger partial charge in [-0.05, 0) is 49.8 Å². The molecule has 0 radical (unpaired) electrons. The molecule has 1 aromatic rings. The van der Waals surface area contributed by atoms with Crippen LogP contribution in [0.5, 0.6) is 0 Å². The van der Waals surface area contributed by atoms with Gasteiger partial charge in [0.05, 0.1) is 0 Å². The summed E-state index contributed by atoms with van der Waals surface area (Å²) in [5.74, 6) is 0.137. The van der Waals surface area contributed by atoms with E-state index in [0.29, 0.717) is 19.5 Å². The molecule has 1 fully saturated rings. The zero-order chi connectivity index (χ0) is 18.8. The number of carbonyl (C=O) groups is 2. The minimum atomic E-state index is -0.0536. The van der Waals surface area contributed by atoms with E-state index in [-0.39, 0.29) is 18.0 Å². The quantitative estimate of drug-likeness (QED) is 0.725. The normalized spacial score (nSPS) is 14.9. The summed E-state index contributed by atoms with van der Waals surface area (Å²) in [7, 11) is 0. The van der Waals surface area contributed by atoms with E-state index in [2.05, 4.69) is 36.6 Å². The third-order valence-electron chi connectivity index (χ3n) is 4.93. The van der Waals surface area contributed by atoms with E-state index in [0.717, 1.165) is 37.8 Å². The van der Waals surface area contributed by atoms with Crippen molar-refractivity contribution < 1.29 is 9.59 Å². The van der Waals surface area contributed by atoms with E-state index in [4.69, 9.17) is 0 Å². The molecule has 3 amide bonds. The van der Waals surface area contributed by atoms with Crippen LogP contribution in [0, 0.1) is 0 Å². The van der Waals surface area contributed by atoms with Crippen molar-refractivity contribution >= 4 is 17.6 Å². The van der Waals surface area contributed by atoms with Gasteiger partial charge in [0.2, 0.25) is 5.91 Å². The summed E-state index contributed by atoms with van der Waals surface area (Å²) in [4.78, 5) is 26.1. The molecule has 0 aromatic heterocycles. The van der Waals surface area contributed by atoms with E-state index in [1.807, 2.05) is 17.0 Å². The minimum Gasteiger partial charge on any atom is -0.353 e. The third-order valence-corrected chi connectivity index (χ3v) is 4.93. The zero-order valence-corrected chi connectivity index (χ0v) is 16.2. The molecule has 2 rings (SSSR count). The van der Waals surface area contributed by atoms with E-state index < -0.39 is 0 Å². The van der Waals surface area contributed by atoms with E-state index >= 15 is 0 Å². The Morgan fingerprint density at radius 3 is 2.31 bits per heavy atom. The number of anilines is 1. The van der Waals surface area contributed by atoms with Crippen molar-refractivity contribution in [2.45, 2.75) is 71.3 Å². The summed E-state index contributed by atoms with van der Waals surface area (Å²) >= 11 is 0. The lowest BCUT2D eigenvalue weighted by Gasteiger charge is -2.32. The Hall–Kier alpha value is -2.04. The van der Waals surface area contributed by atoms with Gasteiger partial charge in [-0.15, -0.1) is 0 Å². The number of amides is 3. The molecule has 1 aliphatic heterocycles. The maximum Gasteiger partial charge on any atom is 0.321 e. The molecule has 1 saturated heterocycles. The highest BCUT2D eigenvalue weighted by Gasteiger charge is 2.23. The SMILES string of the molecule is CCCCC(=O)NC1CCN(C(=O)Nc2ccc(CCCC)cc2)CC1. The van der Waals surface area contributed by atoms with Gasteiger partial charge < -0.3 is 15.5 Å². The number of unbranched alkanes of at least 4 members (excludes halogenated alkanes) is 2. The first-order valence-corrected chi connectivity index (χ1v) is 10.1. The first kappa shape index (κ1) is 20.3. The number of likely N-dealkylation sites (tertiary alicyclic amines) is 1. The average Bonchev–Trinajstić information content (AvgIpc) is 2.66. The van der Waals surface area contributed by atoms with Crippen molar-refractivity contribution in [3.05, 3.63) is 29.8 Å². The molecule has 1 aromatic carbocycles. The first-order valence-electron chi connectivity index (χ1n) is 10.1. The van der Waals surface area contributed by atoms with Crippen molar-refractivity contribution in [2.75, 3.05) is 18.4 Å². The molecule has 0 atom stereocenters. The monoisotopic (exact) mass is 359 g/mol. The van der Waals surface area contributed by atoms with Crippen molar-refractivity contribution in [3.63, 3.8) is 0 Å².